The predicted molar refractivity (Wildman–Crippen MR) is 55.7 cm³/mol. The molecule has 0 radical (unpaired) electrons. The quantitative estimate of drug-likeness (QED) is 0.598. The number of hydrogen-bond donors (Lipinski definition) is 0. The lowest BCUT2D eigenvalue weighted by molar-refractivity contribution is -0.135. The summed E-state index contributed by atoms with van der Waals surface area (Å²) in [6.07, 6.45) is 6.34. The molecule has 0 aromatic heterocycles. The number of rotatable bonds is 1. The van der Waals surface area contributed by atoms with E-state index in [9.17, 15) is 4.79 Å². The van der Waals surface area contributed by atoms with Crippen LogP contribution in [-0.4, -0.2) is 41.9 Å². The van der Waals surface area contributed by atoms with E-state index in [0.29, 0.717) is 6.54 Å². The Kier molecular flexibility index (Phi) is 3.10. The van der Waals surface area contributed by atoms with Crippen molar-refractivity contribution in [1.29, 1.82) is 5.26 Å². The first-order valence-corrected chi connectivity index (χ1v) is 5.75. The summed E-state index contributed by atoms with van der Waals surface area (Å²) < 4.78 is 0. The maximum Gasteiger partial charge on any atom is 0.227 e. The van der Waals surface area contributed by atoms with Crippen LogP contribution < -0.4 is 0 Å². The molecule has 0 N–H and O–H groups in total. The Bertz CT molecular complexity index is 278. The molecule has 82 valence electrons. The van der Waals surface area contributed by atoms with Crippen LogP contribution in [-0.2, 0) is 4.79 Å². The van der Waals surface area contributed by atoms with E-state index in [2.05, 4.69) is 6.19 Å². The number of hydrogen-bond acceptors (Lipinski definition) is 3. The SMILES string of the molecule is N#CN1CCCC(C(=O)N2CCCC2)C1. The van der Waals surface area contributed by atoms with Crippen LogP contribution in [0.2, 0.25) is 0 Å². The van der Waals surface area contributed by atoms with Crippen molar-refractivity contribution in [2.45, 2.75) is 25.7 Å². The molecule has 0 aromatic rings. The van der Waals surface area contributed by atoms with E-state index < -0.39 is 0 Å². The second-order valence-corrected chi connectivity index (χ2v) is 4.42. The molecular weight excluding hydrogens is 190 g/mol. The molecule has 15 heavy (non-hydrogen) atoms. The third-order valence-electron chi connectivity index (χ3n) is 3.33. The molecule has 4 heteroatoms. The van der Waals surface area contributed by atoms with E-state index in [1.807, 2.05) is 4.90 Å². The average Bonchev–Trinajstić information content (AvgIpc) is 2.81. The first kappa shape index (κ1) is 10.3. The Labute approximate surface area is 90.5 Å². The summed E-state index contributed by atoms with van der Waals surface area (Å²) in [6.45, 7) is 3.29. The summed E-state index contributed by atoms with van der Waals surface area (Å²) in [5.41, 5.74) is 0. The van der Waals surface area contributed by atoms with Crippen molar-refractivity contribution in [3.8, 4) is 6.19 Å². The van der Waals surface area contributed by atoms with E-state index in [-0.39, 0.29) is 11.8 Å². The summed E-state index contributed by atoms with van der Waals surface area (Å²) >= 11 is 0. The first-order valence-electron chi connectivity index (χ1n) is 5.75. The zero-order valence-electron chi connectivity index (χ0n) is 8.98. The van der Waals surface area contributed by atoms with Crippen molar-refractivity contribution >= 4 is 5.91 Å². The molecule has 0 saturated carbocycles. The molecule has 1 amide bonds. The van der Waals surface area contributed by atoms with Gasteiger partial charge in [0, 0.05) is 26.2 Å². The Morgan fingerprint density at radius 2 is 1.93 bits per heavy atom. The molecular formula is C11H17N3O. The van der Waals surface area contributed by atoms with E-state index in [0.717, 1.165) is 45.3 Å². The summed E-state index contributed by atoms with van der Waals surface area (Å²) in [6, 6.07) is 0. The molecule has 1 atom stereocenters. The van der Waals surface area contributed by atoms with Gasteiger partial charge in [-0.1, -0.05) is 0 Å². The fraction of sp³-hybridized carbons (Fsp3) is 0.818. The summed E-state index contributed by atoms with van der Waals surface area (Å²) in [5, 5.41) is 8.81. The van der Waals surface area contributed by atoms with Crippen molar-refractivity contribution in [1.82, 2.24) is 9.80 Å². The predicted octanol–water partition coefficient (Wildman–Crippen LogP) is 0.802. The molecule has 2 saturated heterocycles. The maximum absolute atomic E-state index is 12.1. The lowest BCUT2D eigenvalue weighted by Gasteiger charge is -2.30. The molecule has 0 bridgehead atoms. The minimum atomic E-state index is 0.0662. The van der Waals surface area contributed by atoms with Gasteiger partial charge in [-0.3, -0.25) is 4.79 Å². The number of piperidine rings is 1. The van der Waals surface area contributed by atoms with Gasteiger partial charge in [-0.25, -0.2) is 0 Å². The van der Waals surface area contributed by atoms with Gasteiger partial charge >= 0.3 is 0 Å². The lowest BCUT2D eigenvalue weighted by atomic mass is 9.97. The molecule has 2 aliphatic heterocycles. The van der Waals surface area contributed by atoms with Gasteiger partial charge in [-0.05, 0) is 25.7 Å². The number of carbonyl (C=O) groups is 1. The van der Waals surface area contributed by atoms with Gasteiger partial charge in [0.15, 0.2) is 6.19 Å². The van der Waals surface area contributed by atoms with E-state index in [4.69, 9.17) is 5.26 Å². The summed E-state index contributed by atoms with van der Waals surface area (Å²) in [7, 11) is 0. The third-order valence-corrected chi connectivity index (χ3v) is 3.33. The van der Waals surface area contributed by atoms with E-state index >= 15 is 0 Å². The average molecular weight is 207 g/mol. The van der Waals surface area contributed by atoms with Crippen LogP contribution >= 0.6 is 0 Å². The summed E-state index contributed by atoms with van der Waals surface area (Å²) in [4.78, 5) is 15.7. The first-order chi connectivity index (χ1) is 7.31. The Morgan fingerprint density at radius 3 is 2.60 bits per heavy atom. The van der Waals surface area contributed by atoms with Crippen LogP contribution in [0.15, 0.2) is 0 Å². The normalized spacial score (nSPS) is 26.5. The Morgan fingerprint density at radius 1 is 1.20 bits per heavy atom. The fourth-order valence-electron chi connectivity index (χ4n) is 2.47. The Balaban J connectivity index is 1.92. The van der Waals surface area contributed by atoms with Crippen LogP contribution in [0, 0.1) is 17.4 Å². The second kappa shape index (κ2) is 4.52. The van der Waals surface area contributed by atoms with Gasteiger partial charge in [0.1, 0.15) is 0 Å². The highest BCUT2D eigenvalue weighted by atomic mass is 16.2. The number of carbonyl (C=O) groups excluding carboxylic acids is 1. The molecule has 2 rings (SSSR count). The fourth-order valence-corrected chi connectivity index (χ4v) is 2.47. The van der Waals surface area contributed by atoms with Gasteiger partial charge in [0.05, 0.1) is 5.92 Å². The topological polar surface area (TPSA) is 47.3 Å². The highest BCUT2D eigenvalue weighted by Gasteiger charge is 2.29. The van der Waals surface area contributed by atoms with Gasteiger partial charge in [-0.2, -0.15) is 5.26 Å². The summed E-state index contributed by atoms with van der Waals surface area (Å²) in [5.74, 6) is 0.337. The molecule has 0 spiro atoms. The maximum atomic E-state index is 12.1. The van der Waals surface area contributed by atoms with Gasteiger partial charge in [-0.15, -0.1) is 0 Å². The van der Waals surface area contributed by atoms with Crippen LogP contribution in [0.25, 0.3) is 0 Å². The molecule has 2 heterocycles. The Hall–Kier alpha value is -1.24. The molecule has 2 fully saturated rings. The molecule has 1 unspecified atom stereocenters. The zero-order chi connectivity index (χ0) is 10.7. The standard InChI is InChI=1S/C11H17N3O/c12-9-13-5-3-4-10(8-13)11(15)14-6-1-2-7-14/h10H,1-8H2. The van der Waals surface area contributed by atoms with Crippen molar-refractivity contribution in [3.63, 3.8) is 0 Å². The lowest BCUT2D eigenvalue weighted by Crippen LogP contribution is -2.42. The number of nitriles is 1. The number of likely N-dealkylation sites (tertiary alicyclic amines) is 2. The zero-order valence-corrected chi connectivity index (χ0v) is 8.98. The van der Waals surface area contributed by atoms with E-state index in [1.165, 1.54) is 0 Å². The molecule has 4 nitrogen and oxygen atoms in total. The minimum Gasteiger partial charge on any atom is -0.342 e. The van der Waals surface area contributed by atoms with Gasteiger partial charge < -0.3 is 9.80 Å². The van der Waals surface area contributed by atoms with Crippen molar-refractivity contribution in [3.05, 3.63) is 0 Å². The van der Waals surface area contributed by atoms with Gasteiger partial charge in [0.25, 0.3) is 0 Å². The van der Waals surface area contributed by atoms with Crippen LogP contribution in [0.1, 0.15) is 25.7 Å². The van der Waals surface area contributed by atoms with Crippen LogP contribution in [0.5, 0.6) is 0 Å². The molecule has 0 aromatic carbocycles. The largest absolute Gasteiger partial charge is 0.342 e. The smallest absolute Gasteiger partial charge is 0.227 e. The number of nitrogens with zero attached hydrogens (tertiary/aromatic N) is 3. The van der Waals surface area contributed by atoms with E-state index in [1.54, 1.807) is 4.90 Å². The molecule has 0 aliphatic carbocycles. The highest BCUT2D eigenvalue weighted by molar-refractivity contribution is 5.79. The van der Waals surface area contributed by atoms with Gasteiger partial charge in [0.2, 0.25) is 5.91 Å². The van der Waals surface area contributed by atoms with Crippen molar-refractivity contribution in [2.75, 3.05) is 26.2 Å². The minimum absolute atomic E-state index is 0.0662. The van der Waals surface area contributed by atoms with Crippen molar-refractivity contribution < 1.29 is 4.79 Å². The molecule has 2 aliphatic rings. The van der Waals surface area contributed by atoms with Crippen LogP contribution in [0.3, 0.4) is 0 Å². The second-order valence-electron chi connectivity index (χ2n) is 4.42. The highest BCUT2D eigenvalue weighted by Crippen LogP contribution is 2.20. The third kappa shape index (κ3) is 2.23. The monoisotopic (exact) mass is 207 g/mol. The van der Waals surface area contributed by atoms with Crippen LogP contribution in [0.4, 0.5) is 0 Å². The van der Waals surface area contributed by atoms with Crippen molar-refractivity contribution in [2.24, 2.45) is 5.92 Å². The number of amides is 1.